The number of piperidine rings is 1. The van der Waals surface area contributed by atoms with Crippen LogP contribution in [0.15, 0.2) is 24.3 Å². The van der Waals surface area contributed by atoms with E-state index in [1.54, 1.807) is 11.3 Å². The molecule has 4 heteroatoms. The topological polar surface area (TPSA) is 41.1 Å². The van der Waals surface area contributed by atoms with E-state index in [2.05, 4.69) is 35.8 Å². The number of hydrogen-bond donors (Lipinski definition) is 2. The van der Waals surface area contributed by atoms with Gasteiger partial charge in [-0.25, -0.2) is 0 Å². The molecule has 1 amide bonds. The van der Waals surface area contributed by atoms with Crippen LogP contribution < -0.4 is 10.6 Å². The van der Waals surface area contributed by atoms with Gasteiger partial charge in [-0.15, -0.1) is 11.3 Å². The summed E-state index contributed by atoms with van der Waals surface area (Å²) in [5.41, 5.74) is 1.23. The summed E-state index contributed by atoms with van der Waals surface area (Å²) in [5, 5.41) is 7.60. The smallest absolute Gasteiger partial charge is 0.261 e. The fraction of sp³-hybridized carbons (Fsp3) is 0.400. The van der Waals surface area contributed by atoms with Crippen molar-refractivity contribution in [1.82, 2.24) is 10.6 Å². The minimum atomic E-state index is 0.0625. The lowest BCUT2D eigenvalue weighted by Crippen LogP contribution is -2.45. The van der Waals surface area contributed by atoms with E-state index in [9.17, 15) is 4.79 Å². The monoisotopic (exact) mass is 274 g/mol. The maximum absolute atomic E-state index is 12.2. The van der Waals surface area contributed by atoms with Gasteiger partial charge in [0.2, 0.25) is 0 Å². The zero-order valence-corrected chi connectivity index (χ0v) is 11.8. The molecule has 1 aliphatic heterocycles. The van der Waals surface area contributed by atoms with Crippen LogP contribution in [0.4, 0.5) is 0 Å². The first-order valence-corrected chi connectivity index (χ1v) is 7.56. The second-order valence-corrected chi connectivity index (χ2v) is 6.25. The predicted molar refractivity (Wildman–Crippen MR) is 79.9 cm³/mol. The zero-order chi connectivity index (χ0) is 13.2. The minimum Gasteiger partial charge on any atom is -0.347 e. The summed E-state index contributed by atoms with van der Waals surface area (Å²) in [5.74, 6) is 0.0625. The third-order valence-corrected chi connectivity index (χ3v) is 4.64. The van der Waals surface area contributed by atoms with Crippen LogP contribution in [0.5, 0.6) is 0 Å². The maximum atomic E-state index is 12.2. The molecule has 0 radical (unpaired) electrons. The van der Waals surface area contributed by atoms with Crippen LogP contribution in [0.2, 0.25) is 0 Å². The number of benzene rings is 1. The van der Waals surface area contributed by atoms with Crippen LogP contribution in [0.3, 0.4) is 0 Å². The van der Waals surface area contributed by atoms with Crippen molar-refractivity contribution in [2.45, 2.75) is 25.8 Å². The molecule has 2 N–H and O–H groups in total. The Kier molecular flexibility index (Phi) is 3.53. The molecule has 3 nitrogen and oxygen atoms in total. The summed E-state index contributed by atoms with van der Waals surface area (Å²) >= 11 is 1.57. The Bertz CT molecular complexity index is 599. The van der Waals surface area contributed by atoms with E-state index >= 15 is 0 Å². The largest absolute Gasteiger partial charge is 0.347 e. The van der Waals surface area contributed by atoms with E-state index in [-0.39, 0.29) is 11.9 Å². The fourth-order valence-corrected chi connectivity index (χ4v) is 3.45. The summed E-state index contributed by atoms with van der Waals surface area (Å²) < 4.78 is 1.18. The summed E-state index contributed by atoms with van der Waals surface area (Å²) in [4.78, 5) is 13.1. The molecule has 1 saturated heterocycles. The van der Waals surface area contributed by atoms with Crippen molar-refractivity contribution in [3.8, 4) is 0 Å². The molecule has 3 rings (SSSR count). The lowest BCUT2D eigenvalue weighted by atomic mass is 10.1. The highest BCUT2D eigenvalue weighted by atomic mass is 32.1. The van der Waals surface area contributed by atoms with Crippen LogP contribution in [0, 0.1) is 6.92 Å². The second-order valence-electron chi connectivity index (χ2n) is 5.17. The number of amides is 1. The molecular formula is C15H18N2OS. The molecule has 1 unspecified atom stereocenters. The molecule has 0 spiro atoms. The highest BCUT2D eigenvalue weighted by Gasteiger charge is 2.17. The Morgan fingerprint density at radius 1 is 1.42 bits per heavy atom. The van der Waals surface area contributed by atoms with Crippen molar-refractivity contribution in [1.29, 1.82) is 0 Å². The standard InChI is InChI=1S/C15H18N2OS/c1-10-4-5-13-11(7-10)8-14(19-13)15(18)17-12-3-2-6-16-9-12/h4-5,7-8,12,16H,2-3,6,9H2,1H3,(H,17,18). The molecule has 1 aromatic heterocycles. The molecule has 1 aromatic carbocycles. The van der Waals surface area contributed by atoms with E-state index in [0.717, 1.165) is 36.2 Å². The third-order valence-electron chi connectivity index (χ3n) is 3.53. The Balaban J connectivity index is 1.77. The summed E-state index contributed by atoms with van der Waals surface area (Å²) in [6.45, 7) is 4.02. The van der Waals surface area contributed by atoms with Gasteiger partial charge in [-0.05, 0) is 43.8 Å². The number of carbonyl (C=O) groups excluding carboxylic acids is 1. The van der Waals surface area contributed by atoms with Crippen LogP contribution in [-0.2, 0) is 0 Å². The van der Waals surface area contributed by atoms with E-state index in [1.807, 2.05) is 6.07 Å². The number of carbonyl (C=O) groups is 1. The van der Waals surface area contributed by atoms with E-state index in [1.165, 1.54) is 10.3 Å². The van der Waals surface area contributed by atoms with Gasteiger partial charge in [0.15, 0.2) is 0 Å². The van der Waals surface area contributed by atoms with Gasteiger partial charge in [-0.1, -0.05) is 17.7 Å². The minimum absolute atomic E-state index is 0.0625. The average Bonchev–Trinajstić information content (AvgIpc) is 2.83. The Morgan fingerprint density at radius 3 is 3.11 bits per heavy atom. The number of nitrogens with one attached hydrogen (secondary N) is 2. The predicted octanol–water partition coefficient (Wildman–Crippen LogP) is 2.69. The van der Waals surface area contributed by atoms with Gasteiger partial charge >= 0.3 is 0 Å². The Hall–Kier alpha value is -1.39. The van der Waals surface area contributed by atoms with Gasteiger partial charge in [0.25, 0.3) is 5.91 Å². The Morgan fingerprint density at radius 2 is 2.32 bits per heavy atom. The molecule has 1 fully saturated rings. The molecule has 0 bridgehead atoms. The number of aryl methyl sites for hydroxylation is 1. The number of rotatable bonds is 2. The van der Waals surface area contributed by atoms with E-state index in [0.29, 0.717) is 0 Å². The van der Waals surface area contributed by atoms with Crippen molar-refractivity contribution in [2.24, 2.45) is 0 Å². The van der Waals surface area contributed by atoms with Crippen LogP contribution in [0.1, 0.15) is 28.1 Å². The Labute approximate surface area is 117 Å². The van der Waals surface area contributed by atoms with E-state index < -0.39 is 0 Å². The first kappa shape index (κ1) is 12.6. The van der Waals surface area contributed by atoms with Gasteiger partial charge in [-0.3, -0.25) is 4.79 Å². The number of thiophene rings is 1. The van der Waals surface area contributed by atoms with Crippen molar-refractivity contribution in [3.05, 3.63) is 34.7 Å². The lowest BCUT2D eigenvalue weighted by molar-refractivity contribution is 0.0935. The highest BCUT2D eigenvalue weighted by Crippen LogP contribution is 2.26. The van der Waals surface area contributed by atoms with E-state index in [4.69, 9.17) is 0 Å². The summed E-state index contributed by atoms with van der Waals surface area (Å²) in [6, 6.07) is 8.58. The lowest BCUT2D eigenvalue weighted by Gasteiger charge is -2.23. The molecule has 1 aliphatic rings. The van der Waals surface area contributed by atoms with Gasteiger partial charge in [0.1, 0.15) is 0 Å². The van der Waals surface area contributed by atoms with Gasteiger partial charge in [0.05, 0.1) is 4.88 Å². The molecule has 19 heavy (non-hydrogen) atoms. The number of fused-ring (bicyclic) bond motifs is 1. The van der Waals surface area contributed by atoms with Crippen LogP contribution in [0.25, 0.3) is 10.1 Å². The molecular weight excluding hydrogens is 256 g/mol. The third kappa shape index (κ3) is 2.80. The fourth-order valence-electron chi connectivity index (χ4n) is 2.51. The SMILES string of the molecule is Cc1ccc2sc(C(=O)NC3CCCNC3)cc2c1. The summed E-state index contributed by atoms with van der Waals surface area (Å²) in [7, 11) is 0. The first-order chi connectivity index (χ1) is 9.22. The van der Waals surface area contributed by atoms with Gasteiger partial charge in [-0.2, -0.15) is 0 Å². The number of hydrogen-bond acceptors (Lipinski definition) is 3. The quantitative estimate of drug-likeness (QED) is 0.884. The first-order valence-electron chi connectivity index (χ1n) is 6.74. The van der Waals surface area contributed by atoms with Crippen LogP contribution >= 0.6 is 11.3 Å². The maximum Gasteiger partial charge on any atom is 0.261 e. The molecule has 100 valence electrons. The summed E-state index contributed by atoms with van der Waals surface area (Å²) in [6.07, 6.45) is 2.21. The average molecular weight is 274 g/mol. The van der Waals surface area contributed by atoms with Gasteiger partial charge < -0.3 is 10.6 Å². The zero-order valence-electron chi connectivity index (χ0n) is 11.0. The van der Waals surface area contributed by atoms with Crippen LogP contribution in [-0.4, -0.2) is 25.0 Å². The van der Waals surface area contributed by atoms with Crippen molar-refractivity contribution >= 4 is 27.3 Å². The molecule has 1 atom stereocenters. The second kappa shape index (κ2) is 5.31. The molecule has 2 aromatic rings. The normalized spacial score (nSPS) is 19.5. The van der Waals surface area contributed by atoms with Crippen molar-refractivity contribution in [3.63, 3.8) is 0 Å². The molecule has 0 aliphatic carbocycles. The van der Waals surface area contributed by atoms with Crippen molar-refractivity contribution < 1.29 is 4.79 Å². The highest BCUT2D eigenvalue weighted by molar-refractivity contribution is 7.20. The molecule has 0 saturated carbocycles. The molecule has 2 heterocycles. The van der Waals surface area contributed by atoms with Crippen molar-refractivity contribution in [2.75, 3.05) is 13.1 Å². The van der Waals surface area contributed by atoms with Gasteiger partial charge in [0, 0.05) is 17.3 Å².